The number of rotatable bonds is 25. The van der Waals surface area contributed by atoms with Crippen LogP contribution >= 0.6 is 0 Å². The molecular formula is C40H61N13O9. The van der Waals surface area contributed by atoms with Gasteiger partial charge in [0.1, 0.15) is 36.3 Å². The van der Waals surface area contributed by atoms with E-state index >= 15 is 0 Å². The van der Waals surface area contributed by atoms with Crippen LogP contribution in [0.4, 0.5) is 0 Å². The predicted molar refractivity (Wildman–Crippen MR) is 226 cm³/mol. The van der Waals surface area contributed by atoms with Gasteiger partial charge in [0.05, 0.1) is 12.4 Å². The molecule has 62 heavy (non-hydrogen) atoms. The zero-order valence-electron chi connectivity index (χ0n) is 35.3. The van der Waals surface area contributed by atoms with E-state index in [9.17, 15) is 43.5 Å². The third-order valence-electron chi connectivity index (χ3n) is 10.4. The van der Waals surface area contributed by atoms with Crippen molar-refractivity contribution in [3.05, 3.63) is 54.1 Å². The van der Waals surface area contributed by atoms with Crippen molar-refractivity contribution >= 4 is 53.3 Å². The molecule has 0 saturated carbocycles. The second-order valence-electron chi connectivity index (χ2n) is 15.4. The number of hydrogen-bond donors (Lipinski definition) is 11. The number of carbonyl (C=O) groups excluding carboxylic acids is 7. The Morgan fingerprint density at radius 1 is 0.855 bits per heavy atom. The monoisotopic (exact) mass is 867 g/mol. The summed E-state index contributed by atoms with van der Waals surface area (Å²) in [5.74, 6) is -7.06. The zero-order valence-corrected chi connectivity index (χ0v) is 35.3. The van der Waals surface area contributed by atoms with E-state index < -0.39 is 95.5 Å². The van der Waals surface area contributed by atoms with Crippen molar-refractivity contribution < 1.29 is 43.5 Å². The van der Waals surface area contributed by atoms with Crippen LogP contribution < -0.4 is 49.5 Å². The maximum absolute atomic E-state index is 14.2. The Morgan fingerprint density at radius 2 is 1.47 bits per heavy atom. The first kappa shape index (κ1) is 49.8. The van der Waals surface area contributed by atoms with Gasteiger partial charge in [0.25, 0.3) is 0 Å². The number of carboxylic acids is 1. The first-order chi connectivity index (χ1) is 29.4. The molecule has 2 aromatic rings. The number of nitrogens with one attached hydrogen (secondary N) is 6. The number of imidazole rings is 1. The van der Waals surface area contributed by atoms with Crippen molar-refractivity contribution in [1.82, 2.24) is 41.5 Å². The second-order valence-corrected chi connectivity index (χ2v) is 15.4. The zero-order chi connectivity index (χ0) is 45.9. The summed E-state index contributed by atoms with van der Waals surface area (Å²) in [5.41, 5.74) is 23.2. The molecule has 0 unspecified atom stereocenters. The number of carbonyl (C=O) groups is 8. The SMILES string of the molecule is CC[C@H](C)[C@H](NC(=O)[C@@H]1CCCN1C(=O)[C@H](C)N)C(=O)N[C@@H](CCC(N)=O)C(=O)N[C@@H](Cc1ccccc1)C(=O)N[C@@H](CCCN=C(N)N)C(=O)N[C@@H](Cc1cnc[nH]1)C(=O)O. The van der Waals surface area contributed by atoms with Gasteiger partial charge in [0.2, 0.25) is 41.4 Å². The minimum absolute atomic E-state index is 0.0468. The van der Waals surface area contributed by atoms with Gasteiger partial charge in [-0.1, -0.05) is 50.6 Å². The lowest BCUT2D eigenvalue weighted by Gasteiger charge is -2.30. The average Bonchev–Trinajstić information content (AvgIpc) is 3.94. The van der Waals surface area contributed by atoms with Crippen LogP contribution in [0, 0.1) is 5.92 Å². The number of aliphatic imine (C=N–C) groups is 1. The molecule has 1 aliphatic heterocycles. The van der Waals surface area contributed by atoms with E-state index in [0.717, 1.165) is 0 Å². The molecule has 0 aliphatic carbocycles. The fraction of sp³-hybridized carbons (Fsp3) is 0.550. The highest BCUT2D eigenvalue weighted by molar-refractivity contribution is 5.97. The molecule has 1 aromatic heterocycles. The number of benzene rings is 1. The number of likely N-dealkylation sites (tertiary alicyclic amines) is 1. The number of aliphatic carboxylic acids is 1. The van der Waals surface area contributed by atoms with Crippen molar-refractivity contribution in [2.45, 2.75) is 121 Å². The Labute approximate surface area is 359 Å². The first-order valence-electron chi connectivity index (χ1n) is 20.6. The largest absolute Gasteiger partial charge is 0.480 e. The van der Waals surface area contributed by atoms with Gasteiger partial charge in [-0.15, -0.1) is 0 Å². The molecule has 7 amide bonds. The number of guanidine groups is 1. The Hall–Kier alpha value is -6.58. The molecule has 22 heteroatoms. The summed E-state index contributed by atoms with van der Waals surface area (Å²) < 4.78 is 0. The third kappa shape index (κ3) is 15.8. The van der Waals surface area contributed by atoms with Crippen molar-refractivity contribution in [1.29, 1.82) is 0 Å². The van der Waals surface area contributed by atoms with Crippen molar-refractivity contribution in [2.75, 3.05) is 13.1 Å². The lowest BCUT2D eigenvalue weighted by molar-refractivity contribution is -0.142. The number of hydrogen-bond acceptors (Lipinski definition) is 11. The standard InChI is InChI=1S/C40H61N13O9/c1-4-22(2)32(52-36(58)30-13-9-17-53(30)38(60)23(3)41)37(59)49-27(14-15-31(42)54)34(56)50-28(18-24-10-6-5-7-11-24)35(57)48-26(12-8-16-46-40(43)44)33(55)51-29(39(61)62)19-25-20-45-21-47-25/h5-7,10-11,20-23,26-30,32H,4,8-9,12-19,41H2,1-3H3,(H2,42,54)(H,45,47)(H,48,57)(H,49,59)(H,50,56)(H,51,55)(H,52,58)(H,61,62)(H4,43,44,46)/t22-,23-,26-,27-,28-,29-,30-,32-/m0/s1. The number of nitrogens with two attached hydrogens (primary N) is 4. The van der Waals surface area contributed by atoms with Crippen LogP contribution in [0.3, 0.4) is 0 Å². The molecule has 1 fully saturated rings. The van der Waals surface area contributed by atoms with E-state index in [0.29, 0.717) is 37.1 Å². The highest BCUT2D eigenvalue weighted by Gasteiger charge is 2.39. The topological polar surface area (TPSA) is 365 Å². The molecule has 340 valence electrons. The molecule has 15 N–H and O–H groups in total. The Kier molecular flexibility index (Phi) is 19.8. The van der Waals surface area contributed by atoms with E-state index in [2.05, 4.69) is 41.5 Å². The number of amides is 7. The van der Waals surface area contributed by atoms with Gasteiger partial charge >= 0.3 is 5.97 Å². The highest BCUT2D eigenvalue weighted by atomic mass is 16.4. The van der Waals surface area contributed by atoms with Crippen molar-refractivity contribution in [3.8, 4) is 0 Å². The Morgan fingerprint density at radius 3 is 2.05 bits per heavy atom. The molecule has 8 atom stereocenters. The summed E-state index contributed by atoms with van der Waals surface area (Å²) in [6, 6.07) is 0.161. The normalized spacial score (nSPS) is 16.8. The number of aromatic amines is 1. The quantitative estimate of drug-likeness (QED) is 0.0278. The highest BCUT2D eigenvalue weighted by Crippen LogP contribution is 2.20. The van der Waals surface area contributed by atoms with Crippen LogP contribution in [0.15, 0.2) is 47.8 Å². The molecule has 3 rings (SSSR count). The Bertz CT molecular complexity index is 1870. The molecule has 2 heterocycles. The third-order valence-corrected chi connectivity index (χ3v) is 10.4. The number of H-pyrrole nitrogens is 1. The second kappa shape index (κ2) is 24.6. The van der Waals surface area contributed by atoms with Gasteiger partial charge in [0.15, 0.2) is 5.96 Å². The van der Waals surface area contributed by atoms with Crippen molar-refractivity contribution in [3.63, 3.8) is 0 Å². The van der Waals surface area contributed by atoms with Gasteiger partial charge in [-0.2, -0.15) is 0 Å². The van der Waals surface area contributed by atoms with Gasteiger partial charge in [-0.05, 0) is 50.5 Å². The summed E-state index contributed by atoms with van der Waals surface area (Å²) in [6.07, 6.45) is 3.38. The minimum Gasteiger partial charge on any atom is -0.480 e. The smallest absolute Gasteiger partial charge is 0.326 e. The van der Waals surface area contributed by atoms with E-state index in [4.69, 9.17) is 22.9 Å². The number of primary amides is 1. The van der Waals surface area contributed by atoms with E-state index in [1.165, 1.54) is 24.3 Å². The number of carboxylic acid groups (broad SMARTS) is 1. The summed E-state index contributed by atoms with van der Waals surface area (Å²) in [6.45, 7) is 5.45. The van der Waals surface area contributed by atoms with Gasteiger partial charge in [-0.25, -0.2) is 9.78 Å². The fourth-order valence-corrected chi connectivity index (χ4v) is 6.80. The molecule has 1 saturated heterocycles. The maximum Gasteiger partial charge on any atom is 0.326 e. The van der Waals surface area contributed by atoms with Crippen LogP contribution in [0.25, 0.3) is 0 Å². The predicted octanol–water partition coefficient (Wildman–Crippen LogP) is -2.59. The van der Waals surface area contributed by atoms with Gasteiger partial charge in [-0.3, -0.25) is 38.6 Å². The van der Waals surface area contributed by atoms with Crippen molar-refractivity contribution in [2.24, 2.45) is 33.8 Å². The van der Waals surface area contributed by atoms with Gasteiger partial charge in [0, 0.05) is 44.2 Å². The fourth-order valence-electron chi connectivity index (χ4n) is 6.80. The van der Waals surface area contributed by atoms with Crippen LogP contribution in [0.2, 0.25) is 0 Å². The first-order valence-corrected chi connectivity index (χ1v) is 20.6. The minimum atomic E-state index is -1.44. The maximum atomic E-state index is 14.2. The number of aromatic nitrogens is 2. The molecular weight excluding hydrogens is 807 g/mol. The molecule has 1 aliphatic rings. The lowest BCUT2D eigenvalue weighted by Crippen LogP contribution is -2.60. The molecule has 0 bridgehead atoms. The van der Waals surface area contributed by atoms with E-state index in [-0.39, 0.29) is 51.0 Å². The molecule has 0 spiro atoms. The average molecular weight is 868 g/mol. The van der Waals surface area contributed by atoms with Gasteiger partial charge < -0.3 is 64.5 Å². The lowest BCUT2D eigenvalue weighted by atomic mass is 9.96. The molecule has 0 radical (unpaired) electrons. The number of nitrogens with zero attached hydrogens (tertiary/aromatic N) is 3. The summed E-state index contributed by atoms with van der Waals surface area (Å²) >= 11 is 0. The van der Waals surface area contributed by atoms with Crippen LogP contribution in [0.5, 0.6) is 0 Å². The van der Waals surface area contributed by atoms with E-state index in [1.54, 1.807) is 44.2 Å². The molecule has 22 nitrogen and oxygen atoms in total. The van der Waals surface area contributed by atoms with Crippen LogP contribution in [-0.4, -0.2) is 129 Å². The summed E-state index contributed by atoms with van der Waals surface area (Å²) in [5, 5.41) is 23.0. The molecule has 1 aromatic carbocycles. The van der Waals surface area contributed by atoms with E-state index in [1.807, 2.05) is 0 Å². The Balaban J connectivity index is 1.89. The summed E-state index contributed by atoms with van der Waals surface area (Å²) in [4.78, 5) is 118. The summed E-state index contributed by atoms with van der Waals surface area (Å²) in [7, 11) is 0. The van der Waals surface area contributed by atoms with Crippen LogP contribution in [-0.2, 0) is 51.2 Å². The van der Waals surface area contributed by atoms with Crippen LogP contribution in [0.1, 0.15) is 77.0 Å².